The van der Waals surface area contributed by atoms with Crippen LogP contribution < -0.4 is 0 Å². The quantitative estimate of drug-likeness (QED) is 0.773. The van der Waals surface area contributed by atoms with Crippen molar-refractivity contribution in [3.05, 3.63) is 27.4 Å². The third-order valence-corrected chi connectivity index (χ3v) is 5.85. The predicted molar refractivity (Wildman–Crippen MR) is 83.8 cm³/mol. The molecule has 2 saturated carbocycles. The van der Waals surface area contributed by atoms with Gasteiger partial charge in [0.1, 0.15) is 0 Å². The van der Waals surface area contributed by atoms with E-state index in [0.717, 1.165) is 39.1 Å². The Morgan fingerprint density at radius 3 is 2.95 bits per heavy atom. The van der Waals surface area contributed by atoms with Gasteiger partial charge < -0.3 is 9.55 Å². The van der Waals surface area contributed by atoms with E-state index in [1.807, 2.05) is 0 Å². The fraction of sp³-hybridized carbons (Fsp3) is 0.533. The standard InChI is InChI=1S/C15H17BrN2S/c16-12-3-4-13-14(7-12)18(15(19)17-13)8-11-6-9-1-2-10(11)5-9/h3-4,7,9-11H,1-2,5-6,8H2,(H,17,19). The molecule has 3 unspecified atom stereocenters. The van der Waals surface area contributed by atoms with Crippen molar-refractivity contribution >= 4 is 39.2 Å². The maximum atomic E-state index is 5.51. The molecule has 2 aliphatic carbocycles. The average molecular weight is 337 g/mol. The molecule has 2 nitrogen and oxygen atoms in total. The van der Waals surface area contributed by atoms with Crippen molar-refractivity contribution in [1.82, 2.24) is 9.55 Å². The van der Waals surface area contributed by atoms with Crippen LogP contribution in [-0.4, -0.2) is 9.55 Å². The van der Waals surface area contributed by atoms with E-state index >= 15 is 0 Å². The van der Waals surface area contributed by atoms with Gasteiger partial charge in [-0.3, -0.25) is 0 Å². The molecule has 1 N–H and O–H groups in total. The Kier molecular flexibility index (Phi) is 2.85. The topological polar surface area (TPSA) is 20.7 Å². The molecule has 1 heterocycles. The van der Waals surface area contributed by atoms with E-state index in [2.05, 4.69) is 43.7 Å². The highest BCUT2D eigenvalue weighted by Gasteiger charge is 2.39. The second-order valence-corrected chi connectivity index (χ2v) is 7.44. The zero-order valence-corrected chi connectivity index (χ0v) is 13.1. The van der Waals surface area contributed by atoms with E-state index in [1.165, 1.54) is 31.2 Å². The van der Waals surface area contributed by atoms with Crippen LogP contribution in [0.1, 0.15) is 25.7 Å². The van der Waals surface area contributed by atoms with Gasteiger partial charge >= 0.3 is 0 Å². The monoisotopic (exact) mass is 336 g/mol. The Labute approximate surface area is 126 Å². The lowest BCUT2D eigenvalue weighted by molar-refractivity contribution is 0.297. The number of benzene rings is 1. The van der Waals surface area contributed by atoms with Crippen molar-refractivity contribution in [2.24, 2.45) is 17.8 Å². The first kappa shape index (κ1) is 12.2. The first-order valence-corrected chi connectivity index (χ1v) is 8.29. The maximum Gasteiger partial charge on any atom is 0.178 e. The van der Waals surface area contributed by atoms with Gasteiger partial charge in [0.2, 0.25) is 0 Å². The molecule has 0 aliphatic heterocycles. The highest BCUT2D eigenvalue weighted by Crippen LogP contribution is 2.49. The van der Waals surface area contributed by atoms with Crippen LogP contribution >= 0.6 is 28.1 Å². The lowest BCUT2D eigenvalue weighted by Crippen LogP contribution is -2.17. The Morgan fingerprint density at radius 1 is 1.32 bits per heavy atom. The molecular formula is C15H17BrN2S. The first-order chi connectivity index (χ1) is 9.20. The summed E-state index contributed by atoms with van der Waals surface area (Å²) < 4.78 is 4.30. The number of rotatable bonds is 2. The van der Waals surface area contributed by atoms with Crippen LogP contribution in [-0.2, 0) is 6.54 Å². The number of hydrogen-bond donors (Lipinski definition) is 1. The summed E-state index contributed by atoms with van der Waals surface area (Å²) in [5.74, 6) is 2.79. The summed E-state index contributed by atoms with van der Waals surface area (Å²) in [6, 6.07) is 6.34. The molecule has 4 rings (SSSR count). The van der Waals surface area contributed by atoms with Gasteiger partial charge in [0.25, 0.3) is 0 Å². The predicted octanol–water partition coefficient (Wildman–Crippen LogP) is 4.90. The van der Waals surface area contributed by atoms with Crippen LogP contribution in [0.25, 0.3) is 11.0 Å². The smallest absolute Gasteiger partial charge is 0.178 e. The van der Waals surface area contributed by atoms with E-state index < -0.39 is 0 Å². The SMILES string of the molecule is S=c1[nH]c2ccc(Br)cc2n1CC1CC2CCC1C2. The molecule has 0 radical (unpaired) electrons. The van der Waals surface area contributed by atoms with Crippen molar-refractivity contribution in [2.75, 3.05) is 0 Å². The van der Waals surface area contributed by atoms with Gasteiger partial charge in [0, 0.05) is 11.0 Å². The number of nitrogens with one attached hydrogen (secondary N) is 1. The molecule has 0 saturated heterocycles. The summed E-state index contributed by atoms with van der Waals surface area (Å²) >= 11 is 9.07. The fourth-order valence-corrected chi connectivity index (χ4v) is 4.77. The molecule has 2 bridgehead atoms. The summed E-state index contributed by atoms with van der Waals surface area (Å²) in [5, 5.41) is 0. The largest absolute Gasteiger partial charge is 0.331 e. The van der Waals surface area contributed by atoms with Gasteiger partial charge in [-0.2, -0.15) is 0 Å². The van der Waals surface area contributed by atoms with Crippen molar-refractivity contribution < 1.29 is 0 Å². The zero-order valence-electron chi connectivity index (χ0n) is 10.7. The second kappa shape index (κ2) is 4.45. The van der Waals surface area contributed by atoms with Crippen molar-refractivity contribution in [3.63, 3.8) is 0 Å². The van der Waals surface area contributed by atoms with Crippen LogP contribution in [0, 0.1) is 22.5 Å². The highest BCUT2D eigenvalue weighted by atomic mass is 79.9. The Hall–Kier alpha value is -0.610. The minimum Gasteiger partial charge on any atom is -0.331 e. The summed E-state index contributed by atoms with van der Waals surface area (Å²) in [6.07, 6.45) is 5.78. The van der Waals surface area contributed by atoms with Crippen molar-refractivity contribution in [2.45, 2.75) is 32.2 Å². The molecule has 0 amide bonds. The van der Waals surface area contributed by atoms with Gasteiger partial charge in [-0.05, 0) is 67.4 Å². The summed E-state index contributed by atoms with van der Waals surface area (Å²) in [7, 11) is 0. The number of hydrogen-bond acceptors (Lipinski definition) is 1. The van der Waals surface area contributed by atoms with Crippen LogP contribution in [0.15, 0.2) is 22.7 Å². The fourth-order valence-electron chi connectivity index (χ4n) is 4.14. The molecule has 19 heavy (non-hydrogen) atoms. The number of halogens is 1. The van der Waals surface area contributed by atoms with Crippen LogP contribution in [0.5, 0.6) is 0 Å². The van der Waals surface area contributed by atoms with Crippen LogP contribution in [0.3, 0.4) is 0 Å². The van der Waals surface area contributed by atoms with E-state index in [-0.39, 0.29) is 0 Å². The number of imidazole rings is 1. The second-order valence-electron chi connectivity index (χ2n) is 6.14. The summed E-state index contributed by atoms with van der Waals surface area (Å²) in [4.78, 5) is 3.33. The molecular weight excluding hydrogens is 320 g/mol. The molecule has 100 valence electrons. The van der Waals surface area contributed by atoms with Crippen LogP contribution in [0.4, 0.5) is 0 Å². The van der Waals surface area contributed by atoms with Gasteiger partial charge in [0.05, 0.1) is 11.0 Å². The van der Waals surface area contributed by atoms with Gasteiger partial charge in [-0.25, -0.2) is 0 Å². The van der Waals surface area contributed by atoms with Crippen LogP contribution in [0.2, 0.25) is 0 Å². The minimum atomic E-state index is 0.837. The third-order valence-electron chi connectivity index (χ3n) is 5.04. The Bertz CT molecular complexity index is 687. The molecule has 3 atom stereocenters. The molecule has 1 aromatic carbocycles. The minimum absolute atomic E-state index is 0.837. The van der Waals surface area contributed by atoms with E-state index in [0.29, 0.717) is 0 Å². The maximum absolute atomic E-state index is 5.51. The molecule has 2 aromatic rings. The molecule has 1 aromatic heterocycles. The van der Waals surface area contributed by atoms with Gasteiger partial charge in [-0.15, -0.1) is 0 Å². The van der Waals surface area contributed by atoms with Gasteiger partial charge in [-0.1, -0.05) is 22.4 Å². The summed E-state index contributed by atoms with van der Waals surface area (Å²) in [5.41, 5.74) is 2.39. The Morgan fingerprint density at radius 2 is 2.21 bits per heavy atom. The number of H-pyrrole nitrogens is 1. The Balaban J connectivity index is 1.72. The molecule has 2 aliphatic rings. The van der Waals surface area contributed by atoms with E-state index in [4.69, 9.17) is 12.2 Å². The van der Waals surface area contributed by atoms with E-state index in [9.17, 15) is 0 Å². The number of nitrogens with zero attached hydrogens (tertiary/aromatic N) is 1. The van der Waals surface area contributed by atoms with Crippen molar-refractivity contribution in [1.29, 1.82) is 0 Å². The normalized spacial score (nSPS) is 29.4. The molecule has 2 fully saturated rings. The number of aromatic nitrogens is 2. The number of aromatic amines is 1. The first-order valence-electron chi connectivity index (χ1n) is 7.09. The highest BCUT2D eigenvalue weighted by molar-refractivity contribution is 9.10. The summed E-state index contributed by atoms with van der Waals surface area (Å²) in [6.45, 7) is 1.09. The number of fused-ring (bicyclic) bond motifs is 3. The average Bonchev–Trinajstić information content (AvgIpc) is 3.06. The zero-order chi connectivity index (χ0) is 13.0. The lowest BCUT2D eigenvalue weighted by Gasteiger charge is -2.22. The third kappa shape index (κ3) is 2.00. The molecule has 4 heteroatoms. The molecule has 0 spiro atoms. The van der Waals surface area contributed by atoms with E-state index in [1.54, 1.807) is 0 Å². The van der Waals surface area contributed by atoms with Gasteiger partial charge in [0.15, 0.2) is 4.77 Å². The lowest BCUT2D eigenvalue weighted by atomic mass is 9.89. The van der Waals surface area contributed by atoms with Crippen molar-refractivity contribution in [3.8, 4) is 0 Å².